The molecule has 0 aliphatic heterocycles. The molecular weight excluding hydrogens is 431 g/mol. The van der Waals surface area contributed by atoms with Crippen LogP contribution in [0.2, 0.25) is 0 Å². The molecule has 0 radical (unpaired) electrons. The molecule has 32 heavy (non-hydrogen) atoms. The molecular formula is C23H21FN4O3S. The molecule has 9 heteroatoms. The van der Waals surface area contributed by atoms with E-state index in [9.17, 15) is 17.6 Å². The van der Waals surface area contributed by atoms with E-state index in [2.05, 4.69) is 15.0 Å². The molecule has 164 valence electrons. The summed E-state index contributed by atoms with van der Waals surface area (Å²) < 4.78 is 43.5. The highest BCUT2D eigenvalue weighted by molar-refractivity contribution is 7.92. The molecule has 1 heterocycles. The molecule has 0 spiro atoms. The molecule has 0 bridgehead atoms. The van der Waals surface area contributed by atoms with Crippen LogP contribution in [0.3, 0.4) is 0 Å². The summed E-state index contributed by atoms with van der Waals surface area (Å²) in [6.45, 7) is 1.89. The number of imidazole rings is 1. The number of aryl methyl sites for hydroxylation is 2. The number of nitrogens with one attached hydrogen (secondary N) is 2. The fourth-order valence-electron chi connectivity index (χ4n) is 3.37. The van der Waals surface area contributed by atoms with E-state index < -0.39 is 21.7 Å². The van der Waals surface area contributed by atoms with E-state index in [1.807, 2.05) is 35.9 Å². The Bertz CT molecular complexity index is 1430. The second-order valence-electron chi connectivity index (χ2n) is 7.32. The summed E-state index contributed by atoms with van der Waals surface area (Å²) >= 11 is 0. The number of benzene rings is 3. The average Bonchev–Trinajstić information content (AvgIpc) is 3.09. The molecule has 0 saturated carbocycles. The number of hydrogen-bond acceptors (Lipinski definition) is 4. The Balaban J connectivity index is 1.56. The molecule has 0 unspecified atom stereocenters. The van der Waals surface area contributed by atoms with Gasteiger partial charge < -0.3 is 9.88 Å². The molecule has 1 amide bonds. The number of amides is 1. The monoisotopic (exact) mass is 452 g/mol. The van der Waals surface area contributed by atoms with E-state index in [0.29, 0.717) is 11.4 Å². The molecule has 0 aliphatic carbocycles. The molecule has 0 atom stereocenters. The van der Waals surface area contributed by atoms with E-state index in [1.54, 1.807) is 13.0 Å². The van der Waals surface area contributed by atoms with Gasteiger partial charge in [-0.3, -0.25) is 9.52 Å². The van der Waals surface area contributed by atoms with Crippen molar-refractivity contribution in [1.29, 1.82) is 0 Å². The van der Waals surface area contributed by atoms with Crippen molar-refractivity contribution in [3.8, 4) is 0 Å². The van der Waals surface area contributed by atoms with E-state index in [4.69, 9.17) is 0 Å². The second-order valence-corrected chi connectivity index (χ2v) is 9.00. The summed E-state index contributed by atoms with van der Waals surface area (Å²) in [5.41, 5.74) is 2.42. The smallest absolute Gasteiger partial charge is 0.262 e. The third-order valence-electron chi connectivity index (χ3n) is 5.17. The van der Waals surface area contributed by atoms with Crippen molar-refractivity contribution < 1.29 is 17.6 Å². The Morgan fingerprint density at radius 2 is 1.78 bits per heavy atom. The first-order valence-corrected chi connectivity index (χ1v) is 11.3. The van der Waals surface area contributed by atoms with Crippen LogP contribution in [0.25, 0.3) is 11.0 Å². The molecule has 0 fully saturated rings. The van der Waals surface area contributed by atoms with Crippen LogP contribution in [0.4, 0.5) is 10.1 Å². The van der Waals surface area contributed by atoms with Crippen molar-refractivity contribution in [2.75, 3.05) is 4.72 Å². The number of nitrogens with zero attached hydrogens (tertiary/aromatic N) is 2. The van der Waals surface area contributed by atoms with Gasteiger partial charge in [-0.2, -0.15) is 0 Å². The van der Waals surface area contributed by atoms with Crippen molar-refractivity contribution in [2.45, 2.75) is 18.4 Å². The van der Waals surface area contributed by atoms with Crippen LogP contribution in [0.5, 0.6) is 0 Å². The van der Waals surface area contributed by atoms with Crippen LogP contribution in [0.1, 0.15) is 21.7 Å². The third-order valence-corrected chi connectivity index (χ3v) is 6.53. The highest BCUT2D eigenvalue weighted by Crippen LogP contribution is 2.21. The SMILES string of the molecule is Cc1ccc(S(=O)(=O)Nc2ccccc2F)cc1C(=O)NCc1nc2ccccc2n1C. The summed E-state index contributed by atoms with van der Waals surface area (Å²) in [7, 11) is -2.22. The number of aromatic nitrogens is 2. The fourth-order valence-corrected chi connectivity index (χ4v) is 4.46. The molecule has 4 rings (SSSR count). The third kappa shape index (κ3) is 4.19. The number of halogens is 1. The van der Waals surface area contributed by atoms with E-state index >= 15 is 0 Å². The van der Waals surface area contributed by atoms with Crippen LogP contribution >= 0.6 is 0 Å². The summed E-state index contributed by atoms with van der Waals surface area (Å²) in [5.74, 6) is -0.455. The first-order valence-electron chi connectivity index (χ1n) is 9.83. The number of sulfonamides is 1. The number of fused-ring (bicyclic) bond motifs is 1. The van der Waals surface area contributed by atoms with Crippen LogP contribution in [0.15, 0.2) is 71.6 Å². The Kier molecular flexibility index (Phi) is 5.67. The lowest BCUT2D eigenvalue weighted by atomic mass is 10.1. The topological polar surface area (TPSA) is 93.1 Å². The number of hydrogen-bond donors (Lipinski definition) is 2. The van der Waals surface area contributed by atoms with Gasteiger partial charge in [-0.1, -0.05) is 30.3 Å². The quantitative estimate of drug-likeness (QED) is 0.466. The maximum absolute atomic E-state index is 13.9. The van der Waals surface area contributed by atoms with Crippen molar-refractivity contribution in [3.63, 3.8) is 0 Å². The minimum Gasteiger partial charge on any atom is -0.345 e. The van der Waals surface area contributed by atoms with Crippen molar-refractivity contribution >= 4 is 32.7 Å². The molecule has 0 saturated heterocycles. The van der Waals surface area contributed by atoms with Gasteiger partial charge in [0.25, 0.3) is 15.9 Å². The number of carbonyl (C=O) groups excluding carboxylic acids is 1. The lowest BCUT2D eigenvalue weighted by Gasteiger charge is -2.12. The minimum absolute atomic E-state index is 0.140. The Morgan fingerprint density at radius 3 is 2.53 bits per heavy atom. The number of para-hydroxylation sites is 3. The molecule has 2 N–H and O–H groups in total. The first-order chi connectivity index (χ1) is 15.3. The van der Waals surface area contributed by atoms with Gasteiger partial charge in [0.15, 0.2) is 0 Å². The summed E-state index contributed by atoms with van der Waals surface area (Å²) in [6, 6.07) is 17.3. The standard InChI is InChI=1S/C23H21FN4O3S/c1-15-11-12-16(32(30,31)27-19-8-4-3-7-18(19)24)13-17(15)23(29)25-14-22-26-20-9-5-6-10-21(20)28(22)2/h3-13,27H,14H2,1-2H3,(H,25,29). The number of rotatable bonds is 6. The highest BCUT2D eigenvalue weighted by Gasteiger charge is 2.20. The zero-order valence-electron chi connectivity index (χ0n) is 17.5. The Labute approximate surface area is 185 Å². The normalized spacial score (nSPS) is 11.5. The van der Waals surface area contributed by atoms with Gasteiger partial charge in [0.1, 0.15) is 11.6 Å². The van der Waals surface area contributed by atoms with Crippen LogP contribution in [-0.4, -0.2) is 23.9 Å². The summed E-state index contributed by atoms with van der Waals surface area (Å²) in [5, 5.41) is 2.80. The molecule has 3 aromatic carbocycles. The minimum atomic E-state index is -4.09. The van der Waals surface area contributed by atoms with Gasteiger partial charge in [0, 0.05) is 12.6 Å². The lowest BCUT2D eigenvalue weighted by Crippen LogP contribution is -2.25. The predicted octanol–water partition coefficient (Wildman–Crippen LogP) is 3.75. The maximum atomic E-state index is 13.9. The van der Waals surface area contributed by atoms with Crippen LogP contribution in [0, 0.1) is 12.7 Å². The van der Waals surface area contributed by atoms with E-state index in [1.165, 1.54) is 30.3 Å². The predicted molar refractivity (Wildman–Crippen MR) is 120 cm³/mol. The Hall–Kier alpha value is -3.72. The molecule has 0 aliphatic rings. The maximum Gasteiger partial charge on any atom is 0.262 e. The molecule has 4 aromatic rings. The molecule has 1 aromatic heterocycles. The lowest BCUT2D eigenvalue weighted by molar-refractivity contribution is 0.0949. The van der Waals surface area contributed by atoms with Gasteiger partial charge in [0.2, 0.25) is 0 Å². The zero-order valence-corrected chi connectivity index (χ0v) is 18.3. The zero-order chi connectivity index (χ0) is 22.9. The van der Waals surface area contributed by atoms with Crippen molar-refractivity contribution in [2.24, 2.45) is 7.05 Å². The summed E-state index contributed by atoms with van der Waals surface area (Å²) in [6.07, 6.45) is 0. The van der Waals surface area contributed by atoms with E-state index in [0.717, 1.165) is 17.1 Å². The number of anilines is 1. The largest absolute Gasteiger partial charge is 0.345 e. The second kappa shape index (κ2) is 8.43. The van der Waals surface area contributed by atoms with Gasteiger partial charge in [-0.25, -0.2) is 17.8 Å². The van der Waals surface area contributed by atoms with Crippen molar-refractivity contribution in [1.82, 2.24) is 14.9 Å². The fraction of sp³-hybridized carbons (Fsp3) is 0.130. The Morgan fingerprint density at radius 1 is 1.06 bits per heavy atom. The van der Waals surface area contributed by atoms with E-state index in [-0.39, 0.29) is 22.7 Å². The van der Waals surface area contributed by atoms with Gasteiger partial charge in [0.05, 0.1) is 28.2 Å². The van der Waals surface area contributed by atoms with Gasteiger partial charge >= 0.3 is 0 Å². The van der Waals surface area contributed by atoms with Crippen LogP contribution in [-0.2, 0) is 23.6 Å². The van der Waals surface area contributed by atoms with Crippen molar-refractivity contribution in [3.05, 3.63) is 89.5 Å². The highest BCUT2D eigenvalue weighted by atomic mass is 32.2. The average molecular weight is 453 g/mol. The number of carbonyl (C=O) groups is 1. The summed E-state index contributed by atoms with van der Waals surface area (Å²) in [4.78, 5) is 17.2. The first kappa shape index (κ1) is 21.5. The molecule has 7 nitrogen and oxygen atoms in total. The van der Waals surface area contributed by atoms with Gasteiger partial charge in [-0.15, -0.1) is 0 Å². The van der Waals surface area contributed by atoms with Gasteiger partial charge in [-0.05, 0) is 48.9 Å². The van der Waals surface area contributed by atoms with Crippen LogP contribution < -0.4 is 10.0 Å².